The molecule has 0 aromatic heterocycles. The largest absolute Gasteiger partial charge is 0.496 e. The molecule has 0 saturated heterocycles. The molecule has 5 heteroatoms. The maximum absolute atomic E-state index is 11.6. The Balaban J connectivity index is 2.55. The van der Waals surface area contributed by atoms with E-state index in [1.165, 1.54) is 6.08 Å². The predicted molar refractivity (Wildman–Crippen MR) is 89.7 cm³/mol. The van der Waals surface area contributed by atoms with Crippen LogP contribution in [0.25, 0.3) is 11.6 Å². The molecule has 0 fully saturated rings. The van der Waals surface area contributed by atoms with Crippen LogP contribution in [0.1, 0.15) is 16.7 Å². The third-order valence-corrected chi connectivity index (χ3v) is 4.05. The van der Waals surface area contributed by atoms with Crippen molar-refractivity contribution in [2.45, 2.75) is 6.92 Å². The molecule has 1 N–H and O–H groups in total. The van der Waals surface area contributed by atoms with Crippen LogP contribution in [0.2, 0.25) is 10.0 Å². The highest BCUT2D eigenvalue weighted by atomic mass is 35.5. The van der Waals surface area contributed by atoms with E-state index in [1.54, 1.807) is 43.5 Å². The molecule has 0 spiro atoms. The summed E-state index contributed by atoms with van der Waals surface area (Å²) < 4.78 is 5.19. The van der Waals surface area contributed by atoms with Crippen LogP contribution in [0.5, 0.6) is 5.75 Å². The van der Waals surface area contributed by atoms with Crippen LogP contribution in [0, 0.1) is 6.92 Å². The molecule has 3 nitrogen and oxygen atoms in total. The average Bonchev–Trinajstić information content (AvgIpc) is 2.48. The van der Waals surface area contributed by atoms with Gasteiger partial charge in [-0.1, -0.05) is 41.4 Å². The average molecular weight is 337 g/mol. The van der Waals surface area contributed by atoms with Crippen LogP contribution in [-0.4, -0.2) is 18.2 Å². The molecule has 0 aliphatic heterocycles. The van der Waals surface area contributed by atoms with Crippen molar-refractivity contribution < 1.29 is 14.6 Å². The van der Waals surface area contributed by atoms with Gasteiger partial charge in [0, 0.05) is 0 Å². The number of benzene rings is 2. The Hall–Kier alpha value is -1.97. The van der Waals surface area contributed by atoms with Gasteiger partial charge in [0.05, 0.1) is 22.7 Å². The van der Waals surface area contributed by atoms with E-state index in [9.17, 15) is 9.90 Å². The van der Waals surface area contributed by atoms with Gasteiger partial charge in [-0.25, -0.2) is 4.79 Å². The summed E-state index contributed by atoms with van der Waals surface area (Å²) in [5.41, 5.74) is 2.11. The summed E-state index contributed by atoms with van der Waals surface area (Å²) in [4.78, 5) is 11.6. The first kappa shape index (κ1) is 16.4. The van der Waals surface area contributed by atoms with Crippen LogP contribution in [0.15, 0.2) is 36.4 Å². The Morgan fingerprint density at radius 1 is 1.23 bits per heavy atom. The van der Waals surface area contributed by atoms with Crippen molar-refractivity contribution in [1.29, 1.82) is 0 Å². The minimum Gasteiger partial charge on any atom is -0.496 e. The smallest absolute Gasteiger partial charge is 0.336 e. The summed E-state index contributed by atoms with van der Waals surface area (Å²) in [6.07, 6.45) is 1.51. The maximum atomic E-state index is 11.6. The van der Waals surface area contributed by atoms with Gasteiger partial charge in [0.2, 0.25) is 0 Å². The number of aryl methyl sites for hydroxylation is 1. The fourth-order valence-electron chi connectivity index (χ4n) is 2.10. The van der Waals surface area contributed by atoms with Gasteiger partial charge in [-0.3, -0.25) is 0 Å². The quantitative estimate of drug-likeness (QED) is 0.635. The third-order valence-electron chi connectivity index (χ3n) is 3.22. The number of carboxylic acids is 1. The highest BCUT2D eigenvalue weighted by molar-refractivity contribution is 6.43. The SMILES string of the molecule is COc1ccc(/C(=C/c2cccc(Cl)c2Cl)C(=O)O)cc1C. The Bertz CT molecular complexity index is 752. The van der Waals surface area contributed by atoms with Crippen LogP contribution >= 0.6 is 23.2 Å². The Morgan fingerprint density at radius 2 is 1.95 bits per heavy atom. The molecule has 0 unspecified atom stereocenters. The molecule has 2 aromatic carbocycles. The molecule has 0 bridgehead atoms. The van der Waals surface area contributed by atoms with Crippen LogP contribution in [-0.2, 0) is 4.79 Å². The number of ether oxygens (including phenoxy) is 1. The Labute approximate surface area is 138 Å². The van der Waals surface area contributed by atoms with Crippen molar-refractivity contribution in [1.82, 2.24) is 0 Å². The van der Waals surface area contributed by atoms with E-state index in [1.807, 2.05) is 6.92 Å². The third kappa shape index (κ3) is 3.43. The standard InChI is InChI=1S/C17H14Cl2O3/c1-10-8-11(6-7-15(10)22-2)13(17(20)21)9-12-4-3-5-14(18)16(12)19/h3-9H,1-2H3,(H,20,21)/b13-9-. The number of aliphatic carboxylic acids is 1. The van der Waals surface area contributed by atoms with E-state index in [4.69, 9.17) is 27.9 Å². The van der Waals surface area contributed by atoms with E-state index >= 15 is 0 Å². The zero-order chi connectivity index (χ0) is 16.3. The number of methoxy groups -OCH3 is 1. The molecule has 0 aliphatic carbocycles. The lowest BCUT2D eigenvalue weighted by Gasteiger charge is -2.09. The van der Waals surface area contributed by atoms with Crippen molar-refractivity contribution in [2.24, 2.45) is 0 Å². The molecule has 0 radical (unpaired) electrons. The highest BCUT2D eigenvalue weighted by Crippen LogP contribution is 2.30. The van der Waals surface area contributed by atoms with Crippen LogP contribution < -0.4 is 4.74 Å². The molecule has 114 valence electrons. The van der Waals surface area contributed by atoms with Gasteiger partial charge in [0.25, 0.3) is 0 Å². The van der Waals surface area contributed by atoms with Crippen molar-refractivity contribution in [2.75, 3.05) is 7.11 Å². The van der Waals surface area contributed by atoms with Crippen LogP contribution in [0.4, 0.5) is 0 Å². The van der Waals surface area contributed by atoms with Crippen molar-refractivity contribution >= 4 is 40.8 Å². The molecular weight excluding hydrogens is 323 g/mol. The number of carbonyl (C=O) groups is 1. The normalized spacial score (nSPS) is 11.4. The predicted octanol–water partition coefficient (Wildman–Crippen LogP) is 4.94. The lowest BCUT2D eigenvalue weighted by molar-refractivity contribution is -0.130. The molecular formula is C17H14Cl2O3. The molecule has 22 heavy (non-hydrogen) atoms. The molecule has 0 amide bonds. The molecule has 2 rings (SSSR count). The van der Waals surface area contributed by atoms with Crippen molar-refractivity contribution in [3.63, 3.8) is 0 Å². The minimum absolute atomic E-state index is 0.134. The Kier molecular flexibility index (Phi) is 5.11. The minimum atomic E-state index is -1.04. The van der Waals surface area contributed by atoms with Gasteiger partial charge < -0.3 is 9.84 Å². The molecule has 0 atom stereocenters. The van der Waals surface area contributed by atoms with Crippen molar-refractivity contribution in [3.05, 3.63) is 63.1 Å². The second-order valence-electron chi connectivity index (χ2n) is 4.69. The topological polar surface area (TPSA) is 46.5 Å². The second-order valence-corrected chi connectivity index (χ2v) is 5.48. The summed E-state index contributed by atoms with van der Waals surface area (Å²) in [6, 6.07) is 10.3. The number of carboxylic acid groups (broad SMARTS) is 1. The lowest BCUT2D eigenvalue weighted by atomic mass is 10.0. The number of halogens is 2. The fraction of sp³-hybridized carbons (Fsp3) is 0.118. The van der Waals surface area contributed by atoms with E-state index in [-0.39, 0.29) is 5.57 Å². The first-order chi connectivity index (χ1) is 10.4. The van der Waals surface area contributed by atoms with Gasteiger partial charge in [-0.2, -0.15) is 0 Å². The number of hydrogen-bond acceptors (Lipinski definition) is 2. The Morgan fingerprint density at radius 3 is 2.55 bits per heavy atom. The molecule has 2 aromatic rings. The molecule has 0 heterocycles. The monoisotopic (exact) mass is 336 g/mol. The summed E-state index contributed by atoms with van der Waals surface area (Å²) in [6.45, 7) is 1.86. The fourth-order valence-corrected chi connectivity index (χ4v) is 2.46. The van der Waals surface area contributed by atoms with Crippen molar-refractivity contribution in [3.8, 4) is 5.75 Å². The number of rotatable bonds is 4. The van der Waals surface area contributed by atoms with E-state index in [2.05, 4.69) is 0 Å². The molecule has 0 aliphatic rings. The summed E-state index contributed by atoms with van der Waals surface area (Å²) in [5.74, 6) is -0.338. The maximum Gasteiger partial charge on any atom is 0.336 e. The van der Waals surface area contributed by atoms with E-state index in [0.717, 1.165) is 5.56 Å². The second kappa shape index (κ2) is 6.86. The van der Waals surface area contributed by atoms with E-state index < -0.39 is 5.97 Å². The zero-order valence-electron chi connectivity index (χ0n) is 12.1. The van der Waals surface area contributed by atoms with Gasteiger partial charge >= 0.3 is 5.97 Å². The van der Waals surface area contributed by atoms with Gasteiger partial charge in [-0.15, -0.1) is 0 Å². The van der Waals surface area contributed by atoms with Gasteiger partial charge in [0.15, 0.2) is 0 Å². The first-order valence-electron chi connectivity index (χ1n) is 6.48. The molecule has 0 saturated carbocycles. The lowest BCUT2D eigenvalue weighted by Crippen LogP contribution is -2.00. The van der Waals surface area contributed by atoms with E-state index in [0.29, 0.717) is 26.9 Å². The zero-order valence-corrected chi connectivity index (χ0v) is 13.6. The van der Waals surface area contributed by atoms with Gasteiger partial charge in [-0.05, 0) is 47.9 Å². The summed E-state index contributed by atoms with van der Waals surface area (Å²) in [5, 5.41) is 10.2. The number of hydrogen-bond donors (Lipinski definition) is 1. The van der Waals surface area contributed by atoms with Crippen LogP contribution in [0.3, 0.4) is 0 Å². The highest BCUT2D eigenvalue weighted by Gasteiger charge is 2.13. The summed E-state index contributed by atoms with van der Waals surface area (Å²) >= 11 is 12.1. The summed E-state index contributed by atoms with van der Waals surface area (Å²) in [7, 11) is 1.57. The first-order valence-corrected chi connectivity index (χ1v) is 7.23. The van der Waals surface area contributed by atoms with Gasteiger partial charge in [0.1, 0.15) is 5.75 Å².